The van der Waals surface area contributed by atoms with E-state index in [0.717, 1.165) is 60.1 Å². The fraction of sp³-hybridized carbons (Fsp3) is 0.452. The Kier molecular flexibility index (Phi) is 13.8. The summed E-state index contributed by atoms with van der Waals surface area (Å²) < 4.78 is 5.36. The van der Waals surface area contributed by atoms with Crippen LogP contribution in [0.1, 0.15) is 76.2 Å². The highest BCUT2D eigenvalue weighted by Crippen LogP contribution is 2.29. The molecule has 1 aliphatic rings. The predicted octanol–water partition coefficient (Wildman–Crippen LogP) is 6.30. The Morgan fingerprint density at radius 2 is 1.65 bits per heavy atom. The Morgan fingerprint density at radius 3 is 2.35 bits per heavy atom. The average Bonchev–Trinajstić information content (AvgIpc) is 3.63. The van der Waals surface area contributed by atoms with Gasteiger partial charge >= 0.3 is 6.09 Å². The molecule has 288 valence electrons. The van der Waals surface area contributed by atoms with Crippen molar-refractivity contribution in [1.29, 1.82) is 0 Å². The number of carbonyl (C=O) groups excluding carboxylic acids is 4. The van der Waals surface area contributed by atoms with Crippen LogP contribution in [0.2, 0.25) is 0 Å². The number of hydrogen-bond donors (Lipinski definition) is 5. The summed E-state index contributed by atoms with van der Waals surface area (Å²) in [6, 6.07) is 20.1. The molecule has 1 atom stereocenters. The van der Waals surface area contributed by atoms with Crippen LogP contribution in [0.25, 0.3) is 22.0 Å². The van der Waals surface area contributed by atoms with Gasteiger partial charge in [-0.1, -0.05) is 50.2 Å². The number of hydrogen-bond acceptors (Lipinski definition) is 7. The normalized spacial score (nSPS) is 16.4. The molecule has 4 amide bonds. The molecule has 0 aliphatic heterocycles. The van der Waals surface area contributed by atoms with Gasteiger partial charge in [-0.25, -0.2) is 4.79 Å². The maximum Gasteiger partial charge on any atom is 0.407 e. The van der Waals surface area contributed by atoms with Crippen molar-refractivity contribution < 1.29 is 23.9 Å². The van der Waals surface area contributed by atoms with Gasteiger partial charge < -0.3 is 30.9 Å². The number of benzene rings is 3. The fourth-order valence-electron chi connectivity index (χ4n) is 6.81. The zero-order valence-electron chi connectivity index (χ0n) is 32.2. The molecule has 54 heavy (non-hydrogen) atoms. The number of ether oxygens (including phenoxy) is 1. The maximum absolute atomic E-state index is 13.9. The molecule has 4 aromatic rings. The first-order chi connectivity index (χ1) is 25.9. The Morgan fingerprint density at radius 1 is 0.907 bits per heavy atom. The molecule has 1 saturated carbocycles. The van der Waals surface area contributed by atoms with Gasteiger partial charge in [-0.05, 0) is 112 Å². The van der Waals surface area contributed by atoms with Crippen LogP contribution in [0.15, 0.2) is 72.9 Å². The topological polar surface area (TPSA) is 158 Å². The monoisotopic (exact) mass is 737 g/mol. The van der Waals surface area contributed by atoms with Crippen LogP contribution in [0.3, 0.4) is 0 Å². The van der Waals surface area contributed by atoms with Gasteiger partial charge in [0.2, 0.25) is 11.8 Å². The number of H-pyrrole nitrogens is 1. The first kappa shape index (κ1) is 40.0. The molecule has 3 aromatic carbocycles. The van der Waals surface area contributed by atoms with Crippen LogP contribution >= 0.6 is 0 Å². The highest BCUT2D eigenvalue weighted by molar-refractivity contribution is 5.99. The van der Waals surface area contributed by atoms with Crippen molar-refractivity contribution in [1.82, 2.24) is 31.0 Å². The second kappa shape index (κ2) is 18.7. The predicted molar refractivity (Wildman–Crippen MR) is 212 cm³/mol. The molecule has 1 heterocycles. The molecule has 0 radical (unpaired) electrons. The second-order valence-corrected chi connectivity index (χ2v) is 15.1. The van der Waals surface area contributed by atoms with E-state index >= 15 is 0 Å². The first-order valence-electron chi connectivity index (χ1n) is 19.1. The van der Waals surface area contributed by atoms with E-state index in [0.29, 0.717) is 37.2 Å². The number of aromatic amines is 1. The summed E-state index contributed by atoms with van der Waals surface area (Å²) in [6.07, 6.45) is 4.46. The molecule has 12 heteroatoms. The molecule has 1 aliphatic carbocycles. The van der Waals surface area contributed by atoms with Crippen LogP contribution in [0.5, 0.6) is 0 Å². The highest BCUT2D eigenvalue weighted by Gasteiger charge is 2.30. The van der Waals surface area contributed by atoms with Gasteiger partial charge in [0.25, 0.3) is 5.91 Å². The SMILES string of the molecule is CCN(CC)CCNC(=O)c1ccc(-c2cccc(CC(NC(=O)C3CCC(CNC(=O)OC(C)(C)C)CC3)C(=O)Nc3ccc4cn[nH]c4c3)c2)cc1. The van der Waals surface area contributed by atoms with Crippen molar-refractivity contribution in [3.05, 3.63) is 84.1 Å². The van der Waals surface area contributed by atoms with Crippen LogP contribution in [0, 0.1) is 11.8 Å². The third kappa shape index (κ3) is 11.6. The Labute approximate surface area is 318 Å². The van der Waals surface area contributed by atoms with Crippen LogP contribution in [-0.2, 0) is 20.7 Å². The molecule has 1 fully saturated rings. The van der Waals surface area contributed by atoms with Crippen molar-refractivity contribution in [3.63, 3.8) is 0 Å². The van der Waals surface area contributed by atoms with Crippen molar-refractivity contribution in [2.24, 2.45) is 11.8 Å². The Hall–Kier alpha value is -5.23. The lowest BCUT2D eigenvalue weighted by atomic mass is 9.81. The van der Waals surface area contributed by atoms with Gasteiger partial charge in [0.05, 0.1) is 11.7 Å². The molecular formula is C42H55N7O5. The maximum atomic E-state index is 13.9. The number of nitrogens with one attached hydrogen (secondary N) is 5. The van der Waals surface area contributed by atoms with E-state index < -0.39 is 17.7 Å². The van der Waals surface area contributed by atoms with E-state index in [4.69, 9.17) is 4.74 Å². The molecule has 0 bridgehead atoms. The van der Waals surface area contributed by atoms with E-state index in [2.05, 4.69) is 50.2 Å². The van der Waals surface area contributed by atoms with E-state index in [1.807, 2.05) is 87.5 Å². The molecule has 1 unspecified atom stereocenters. The molecule has 5 rings (SSSR count). The number of nitrogens with zero attached hydrogens (tertiary/aromatic N) is 2. The Balaban J connectivity index is 1.24. The minimum atomic E-state index is -0.834. The summed E-state index contributed by atoms with van der Waals surface area (Å²) >= 11 is 0. The standard InChI is InChI=1S/C42H55N7O5/c1-6-49(7-2)22-21-43-38(50)31-17-15-30(16-18-31)33-10-8-9-29(23-33)24-37(40(52)46-35-20-19-34-27-45-48-36(34)25-35)47-39(51)32-13-11-28(12-14-32)26-44-41(53)54-42(3,4)5/h8-10,15-20,23,25,27-28,32,37H,6-7,11-14,21-22,24,26H2,1-5H3,(H,43,50)(H,44,53)(H,45,48)(H,46,52)(H,47,51). The van der Waals surface area contributed by atoms with Crippen molar-refractivity contribution in [2.75, 3.05) is 38.0 Å². The van der Waals surface area contributed by atoms with E-state index in [1.165, 1.54) is 0 Å². The highest BCUT2D eigenvalue weighted by atomic mass is 16.6. The summed E-state index contributed by atoms with van der Waals surface area (Å²) in [4.78, 5) is 54.7. The van der Waals surface area contributed by atoms with Gasteiger partial charge in [-0.15, -0.1) is 0 Å². The van der Waals surface area contributed by atoms with Crippen LogP contribution in [0.4, 0.5) is 10.5 Å². The van der Waals surface area contributed by atoms with Crippen molar-refractivity contribution >= 4 is 40.4 Å². The van der Waals surface area contributed by atoms with Crippen molar-refractivity contribution in [3.8, 4) is 11.1 Å². The number of rotatable bonds is 15. The zero-order chi connectivity index (χ0) is 38.7. The molecule has 12 nitrogen and oxygen atoms in total. The lowest BCUT2D eigenvalue weighted by Gasteiger charge is -2.29. The van der Waals surface area contributed by atoms with Gasteiger partial charge in [0.15, 0.2) is 0 Å². The first-order valence-corrected chi connectivity index (χ1v) is 19.1. The van der Waals surface area contributed by atoms with Gasteiger partial charge in [0, 0.05) is 48.6 Å². The summed E-state index contributed by atoms with van der Waals surface area (Å²) in [5, 5.41) is 19.9. The second-order valence-electron chi connectivity index (χ2n) is 15.1. The largest absolute Gasteiger partial charge is 0.444 e. The third-order valence-electron chi connectivity index (χ3n) is 9.95. The average molecular weight is 738 g/mol. The number of aromatic nitrogens is 2. The van der Waals surface area contributed by atoms with Gasteiger partial charge in [0.1, 0.15) is 11.6 Å². The quantitative estimate of drug-likeness (QED) is 0.0959. The van der Waals surface area contributed by atoms with Gasteiger partial charge in [-0.2, -0.15) is 5.10 Å². The smallest absolute Gasteiger partial charge is 0.407 e. The molecule has 1 aromatic heterocycles. The minimum Gasteiger partial charge on any atom is -0.444 e. The third-order valence-corrected chi connectivity index (χ3v) is 9.95. The summed E-state index contributed by atoms with van der Waals surface area (Å²) in [5.74, 6) is -0.566. The minimum absolute atomic E-state index is 0.107. The van der Waals surface area contributed by atoms with Gasteiger partial charge in [-0.3, -0.25) is 19.5 Å². The van der Waals surface area contributed by atoms with Crippen LogP contribution < -0.4 is 21.3 Å². The van der Waals surface area contributed by atoms with E-state index in [-0.39, 0.29) is 36.0 Å². The summed E-state index contributed by atoms with van der Waals surface area (Å²) in [6.45, 7) is 13.5. The van der Waals surface area contributed by atoms with Crippen molar-refractivity contribution in [2.45, 2.75) is 78.4 Å². The number of amides is 4. The van der Waals surface area contributed by atoms with E-state index in [9.17, 15) is 19.2 Å². The number of likely N-dealkylation sites (N-methyl/N-ethyl adjacent to an activating group) is 1. The molecule has 5 N–H and O–H groups in total. The molecule has 0 saturated heterocycles. The number of fused-ring (bicyclic) bond motifs is 1. The summed E-state index contributed by atoms with van der Waals surface area (Å²) in [5.41, 5.74) is 4.18. The molecular weight excluding hydrogens is 683 g/mol. The number of anilines is 1. The summed E-state index contributed by atoms with van der Waals surface area (Å²) in [7, 11) is 0. The molecule has 0 spiro atoms. The lowest BCUT2D eigenvalue weighted by molar-refractivity contribution is -0.130. The van der Waals surface area contributed by atoms with Crippen LogP contribution in [-0.4, -0.2) is 83.3 Å². The van der Waals surface area contributed by atoms with E-state index in [1.54, 1.807) is 6.20 Å². The lowest BCUT2D eigenvalue weighted by Crippen LogP contribution is -2.48. The number of carbonyl (C=O) groups is 4. The number of alkyl carbamates (subject to hydrolysis) is 1. The Bertz CT molecular complexity index is 1870. The zero-order valence-corrected chi connectivity index (χ0v) is 32.2. The fourth-order valence-corrected chi connectivity index (χ4v) is 6.81.